The van der Waals surface area contributed by atoms with E-state index >= 15 is 0 Å². The van der Waals surface area contributed by atoms with Crippen molar-refractivity contribution in [1.29, 1.82) is 0 Å². The van der Waals surface area contributed by atoms with Crippen LogP contribution in [0.5, 0.6) is 0 Å². The van der Waals surface area contributed by atoms with Crippen molar-refractivity contribution in [2.24, 2.45) is 5.84 Å². The molecule has 0 spiro atoms. The average molecular weight is 391 g/mol. The van der Waals surface area contributed by atoms with Gasteiger partial charge in [-0.25, -0.2) is 19.0 Å². The zero-order valence-corrected chi connectivity index (χ0v) is 15.3. The summed E-state index contributed by atoms with van der Waals surface area (Å²) in [5, 5.41) is 14.2. The maximum absolute atomic E-state index is 12.1. The van der Waals surface area contributed by atoms with Crippen LogP contribution in [0, 0.1) is 10.1 Å². The first-order valence-electron chi connectivity index (χ1n) is 7.67. The van der Waals surface area contributed by atoms with Crippen LogP contribution in [-0.2, 0) is 10.0 Å². The Bertz CT molecular complexity index is 722. The quantitative estimate of drug-likeness (QED) is 0.154. The van der Waals surface area contributed by atoms with Gasteiger partial charge in [-0.3, -0.25) is 10.1 Å². The molecule has 25 heavy (non-hydrogen) atoms. The molecule has 1 aliphatic rings. The maximum atomic E-state index is 12.1. The fourth-order valence-electron chi connectivity index (χ4n) is 2.58. The Labute approximate surface area is 149 Å². The van der Waals surface area contributed by atoms with E-state index in [1.807, 2.05) is 0 Å². The Hall–Kier alpha value is -1.70. The number of hydrazine groups is 1. The standard InChI is InChI=1S/C12H21N7O4S2/c1-24-12-15-10(9(19(20)21)11(16-12)17-13)14-6-7-25(22,23)18-8-4-2-3-5-8/h8,18H,2-7,13H2,1H3,(H2,14,15,16,17). The van der Waals surface area contributed by atoms with Gasteiger partial charge in [-0.05, 0) is 19.1 Å². The fraction of sp³-hybridized carbons (Fsp3) is 0.667. The Kier molecular flexibility index (Phi) is 6.75. The molecule has 13 heteroatoms. The van der Waals surface area contributed by atoms with Crippen LogP contribution >= 0.6 is 11.8 Å². The number of rotatable bonds is 9. The molecule has 0 radical (unpaired) electrons. The van der Waals surface area contributed by atoms with Crippen LogP contribution in [-0.4, -0.2) is 47.9 Å². The van der Waals surface area contributed by atoms with E-state index in [0.717, 1.165) is 25.7 Å². The Morgan fingerprint density at radius 1 is 1.32 bits per heavy atom. The largest absolute Gasteiger partial charge is 0.363 e. The van der Waals surface area contributed by atoms with E-state index in [-0.39, 0.29) is 35.1 Å². The van der Waals surface area contributed by atoms with E-state index in [9.17, 15) is 18.5 Å². The van der Waals surface area contributed by atoms with E-state index in [0.29, 0.717) is 0 Å². The van der Waals surface area contributed by atoms with Gasteiger partial charge >= 0.3 is 5.69 Å². The molecule has 0 atom stereocenters. The van der Waals surface area contributed by atoms with Gasteiger partial charge < -0.3 is 10.7 Å². The first kappa shape index (κ1) is 19.6. The molecule has 1 fully saturated rings. The number of anilines is 2. The summed E-state index contributed by atoms with van der Waals surface area (Å²) in [6.07, 6.45) is 5.43. The second-order valence-corrected chi connectivity index (χ2v) is 8.15. The van der Waals surface area contributed by atoms with E-state index in [1.54, 1.807) is 6.26 Å². The molecule has 2 rings (SSSR count). The molecule has 0 amide bonds. The summed E-state index contributed by atoms with van der Waals surface area (Å²) in [6.45, 7) is -0.0300. The van der Waals surface area contributed by atoms with Crippen LogP contribution in [0.3, 0.4) is 0 Å². The van der Waals surface area contributed by atoms with Gasteiger partial charge in [0.1, 0.15) is 0 Å². The molecule has 0 bridgehead atoms. The minimum atomic E-state index is -3.47. The topological polar surface area (TPSA) is 165 Å². The van der Waals surface area contributed by atoms with Gasteiger partial charge in [0.05, 0.1) is 10.7 Å². The van der Waals surface area contributed by atoms with Crippen LogP contribution < -0.4 is 21.3 Å². The number of nitro groups is 1. The SMILES string of the molecule is CSc1nc(NN)c([N+](=O)[O-])c(NCCS(=O)(=O)NC2CCCC2)n1. The third-order valence-electron chi connectivity index (χ3n) is 3.73. The van der Waals surface area contributed by atoms with Gasteiger partial charge in [0.2, 0.25) is 21.7 Å². The normalized spacial score (nSPS) is 15.3. The number of nitrogens with two attached hydrogens (primary N) is 1. The summed E-state index contributed by atoms with van der Waals surface area (Å²) >= 11 is 1.18. The molecule has 0 unspecified atom stereocenters. The van der Waals surface area contributed by atoms with E-state index in [1.165, 1.54) is 11.8 Å². The lowest BCUT2D eigenvalue weighted by Crippen LogP contribution is -2.36. The molecular formula is C12H21N7O4S2. The highest BCUT2D eigenvalue weighted by atomic mass is 32.2. The van der Waals surface area contributed by atoms with Crippen molar-refractivity contribution in [3.05, 3.63) is 10.1 Å². The predicted octanol–water partition coefficient (Wildman–Crippen LogP) is 0.666. The fourth-order valence-corrected chi connectivity index (χ4v) is 4.18. The lowest BCUT2D eigenvalue weighted by atomic mass is 10.3. The molecule has 0 saturated heterocycles. The molecule has 1 saturated carbocycles. The van der Waals surface area contributed by atoms with Gasteiger partial charge in [0.25, 0.3) is 0 Å². The van der Waals surface area contributed by atoms with Crippen molar-refractivity contribution in [2.45, 2.75) is 36.9 Å². The Morgan fingerprint density at radius 3 is 2.52 bits per heavy atom. The monoisotopic (exact) mass is 391 g/mol. The van der Waals surface area contributed by atoms with Crippen molar-refractivity contribution in [1.82, 2.24) is 14.7 Å². The van der Waals surface area contributed by atoms with Crippen LogP contribution in [0.1, 0.15) is 25.7 Å². The number of hydrogen-bond donors (Lipinski definition) is 4. The van der Waals surface area contributed by atoms with Crippen molar-refractivity contribution in [3.63, 3.8) is 0 Å². The molecule has 11 nitrogen and oxygen atoms in total. The van der Waals surface area contributed by atoms with Gasteiger partial charge in [0, 0.05) is 12.6 Å². The van der Waals surface area contributed by atoms with Gasteiger partial charge in [-0.1, -0.05) is 24.6 Å². The highest BCUT2D eigenvalue weighted by Gasteiger charge is 2.25. The number of sulfonamides is 1. The second-order valence-electron chi connectivity index (χ2n) is 5.50. The number of thioether (sulfide) groups is 1. The molecule has 0 aliphatic heterocycles. The highest BCUT2D eigenvalue weighted by molar-refractivity contribution is 7.98. The zero-order chi connectivity index (χ0) is 18.4. The molecule has 1 aromatic rings. The van der Waals surface area contributed by atoms with Crippen molar-refractivity contribution < 1.29 is 13.3 Å². The maximum Gasteiger partial charge on any atom is 0.354 e. The second kappa shape index (κ2) is 8.60. The van der Waals surface area contributed by atoms with E-state index < -0.39 is 20.6 Å². The molecular weight excluding hydrogens is 370 g/mol. The summed E-state index contributed by atoms with van der Waals surface area (Å²) < 4.78 is 26.8. The average Bonchev–Trinajstić information content (AvgIpc) is 3.05. The van der Waals surface area contributed by atoms with Crippen LogP contribution in [0.2, 0.25) is 0 Å². The molecule has 5 N–H and O–H groups in total. The van der Waals surface area contributed by atoms with Crippen molar-refractivity contribution in [2.75, 3.05) is 29.3 Å². The van der Waals surface area contributed by atoms with Gasteiger partial charge in [0.15, 0.2) is 5.16 Å². The lowest BCUT2D eigenvalue weighted by Gasteiger charge is -2.13. The van der Waals surface area contributed by atoms with Crippen LogP contribution in [0.25, 0.3) is 0 Å². The third-order valence-corrected chi connectivity index (χ3v) is 5.71. The Morgan fingerprint density at radius 2 is 1.96 bits per heavy atom. The summed E-state index contributed by atoms with van der Waals surface area (Å²) in [7, 11) is -3.47. The molecule has 1 aromatic heterocycles. The number of aromatic nitrogens is 2. The number of nitrogen functional groups attached to an aromatic ring is 1. The summed E-state index contributed by atoms with van der Waals surface area (Å²) in [4.78, 5) is 18.5. The van der Waals surface area contributed by atoms with Gasteiger partial charge in [-0.15, -0.1) is 0 Å². The minimum Gasteiger partial charge on any atom is -0.363 e. The molecule has 140 valence electrons. The predicted molar refractivity (Wildman–Crippen MR) is 95.9 cm³/mol. The number of nitrogens with zero attached hydrogens (tertiary/aromatic N) is 3. The summed E-state index contributed by atoms with van der Waals surface area (Å²) in [5.74, 6) is 4.85. The number of nitrogens with one attached hydrogen (secondary N) is 3. The first-order valence-corrected chi connectivity index (χ1v) is 10.5. The zero-order valence-electron chi connectivity index (χ0n) is 13.7. The van der Waals surface area contributed by atoms with Crippen LogP contribution in [0.15, 0.2) is 5.16 Å². The third kappa shape index (κ3) is 5.39. The van der Waals surface area contributed by atoms with E-state index in [2.05, 4.69) is 25.4 Å². The molecule has 0 aromatic carbocycles. The lowest BCUT2D eigenvalue weighted by molar-refractivity contribution is -0.383. The molecule has 1 heterocycles. The van der Waals surface area contributed by atoms with Crippen molar-refractivity contribution >= 4 is 39.1 Å². The van der Waals surface area contributed by atoms with E-state index in [4.69, 9.17) is 5.84 Å². The number of hydrogen-bond acceptors (Lipinski definition) is 10. The Balaban J connectivity index is 2.07. The summed E-state index contributed by atoms with van der Waals surface area (Å²) in [6, 6.07) is -0.0190. The smallest absolute Gasteiger partial charge is 0.354 e. The minimum absolute atomic E-state index is 0.0190. The van der Waals surface area contributed by atoms with Crippen LogP contribution in [0.4, 0.5) is 17.3 Å². The first-order chi connectivity index (χ1) is 11.9. The van der Waals surface area contributed by atoms with Gasteiger partial charge in [-0.2, -0.15) is 9.97 Å². The highest BCUT2D eigenvalue weighted by Crippen LogP contribution is 2.31. The molecule has 1 aliphatic carbocycles. The van der Waals surface area contributed by atoms with Crippen molar-refractivity contribution in [3.8, 4) is 0 Å². The summed E-state index contributed by atoms with van der Waals surface area (Å²) in [5.41, 5.74) is 1.74.